The highest BCUT2D eigenvalue weighted by molar-refractivity contribution is 6.30. The van der Waals surface area contributed by atoms with Crippen LogP contribution in [0.3, 0.4) is 0 Å². The standard InChI is InChI=1S/C28H31ClN6O4/c1-4-25(36)34-15-16-35(19(2)18-34)28(37)39-22-9-10-23-24(17-22)30-27(38-3)31-26(23)33-13-11-32(12-14-33)21-7-5-20(29)6-8-21/h4-10,17,19H,1,11-16,18H2,2-3H3/t19-/m1/s1. The van der Waals surface area contributed by atoms with E-state index >= 15 is 0 Å². The Labute approximate surface area is 232 Å². The number of fused-ring (bicyclic) bond motifs is 1. The average molecular weight is 551 g/mol. The molecule has 1 atom stereocenters. The van der Waals surface area contributed by atoms with Gasteiger partial charge in [-0.1, -0.05) is 18.2 Å². The number of aromatic nitrogens is 2. The lowest BCUT2D eigenvalue weighted by atomic mass is 10.2. The summed E-state index contributed by atoms with van der Waals surface area (Å²) in [7, 11) is 1.53. The number of amides is 2. The summed E-state index contributed by atoms with van der Waals surface area (Å²) >= 11 is 6.04. The zero-order chi connectivity index (χ0) is 27.5. The van der Waals surface area contributed by atoms with Gasteiger partial charge in [-0.3, -0.25) is 4.79 Å². The quantitative estimate of drug-likeness (QED) is 0.443. The minimum atomic E-state index is -0.466. The van der Waals surface area contributed by atoms with Gasteiger partial charge in [0.15, 0.2) is 0 Å². The Balaban J connectivity index is 1.30. The second-order valence-corrected chi connectivity index (χ2v) is 10.00. The van der Waals surface area contributed by atoms with E-state index in [2.05, 4.69) is 26.3 Å². The molecule has 0 saturated carbocycles. The number of methoxy groups -OCH3 is 1. The Kier molecular flexibility index (Phi) is 7.74. The number of halogens is 1. The third-order valence-electron chi connectivity index (χ3n) is 7.13. The van der Waals surface area contributed by atoms with Crippen molar-refractivity contribution in [2.24, 2.45) is 0 Å². The van der Waals surface area contributed by atoms with Gasteiger partial charge in [-0.25, -0.2) is 4.79 Å². The Morgan fingerprint density at radius 3 is 2.38 bits per heavy atom. The van der Waals surface area contributed by atoms with Crippen molar-refractivity contribution >= 4 is 46.0 Å². The molecule has 2 saturated heterocycles. The molecule has 3 aromatic rings. The number of rotatable bonds is 5. The molecule has 1 aromatic heterocycles. The lowest BCUT2D eigenvalue weighted by molar-refractivity contribution is -0.128. The van der Waals surface area contributed by atoms with Gasteiger partial charge in [0.25, 0.3) is 0 Å². The van der Waals surface area contributed by atoms with Gasteiger partial charge in [0.1, 0.15) is 11.6 Å². The molecule has 10 nitrogen and oxygen atoms in total. The maximum Gasteiger partial charge on any atom is 0.415 e. The molecule has 3 heterocycles. The van der Waals surface area contributed by atoms with Crippen LogP contribution in [0.15, 0.2) is 55.1 Å². The van der Waals surface area contributed by atoms with Crippen molar-refractivity contribution < 1.29 is 19.1 Å². The van der Waals surface area contributed by atoms with Crippen LogP contribution in [0.4, 0.5) is 16.3 Å². The molecule has 39 heavy (non-hydrogen) atoms. The maximum atomic E-state index is 13.0. The smallest absolute Gasteiger partial charge is 0.415 e. The number of carbonyl (C=O) groups excluding carboxylic acids is 2. The highest BCUT2D eigenvalue weighted by atomic mass is 35.5. The van der Waals surface area contributed by atoms with E-state index in [1.807, 2.05) is 37.3 Å². The summed E-state index contributed by atoms with van der Waals surface area (Å²) in [6.45, 7) is 9.87. The number of anilines is 2. The van der Waals surface area contributed by atoms with E-state index in [4.69, 9.17) is 21.1 Å². The largest absolute Gasteiger partial charge is 0.467 e. The molecule has 2 aromatic carbocycles. The van der Waals surface area contributed by atoms with Gasteiger partial charge in [-0.2, -0.15) is 9.97 Å². The second kappa shape index (κ2) is 11.4. The first-order chi connectivity index (χ1) is 18.9. The normalized spacial score (nSPS) is 17.8. The summed E-state index contributed by atoms with van der Waals surface area (Å²) in [5.74, 6) is 1.02. The van der Waals surface area contributed by atoms with Crippen molar-refractivity contribution in [2.75, 3.05) is 62.7 Å². The Bertz CT molecular complexity index is 1380. The zero-order valence-electron chi connectivity index (χ0n) is 22.0. The van der Waals surface area contributed by atoms with Gasteiger partial charge in [-0.15, -0.1) is 0 Å². The molecule has 2 aliphatic heterocycles. The monoisotopic (exact) mass is 550 g/mol. The molecular weight excluding hydrogens is 520 g/mol. The van der Waals surface area contributed by atoms with Gasteiger partial charge < -0.3 is 29.1 Å². The van der Waals surface area contributed by atoms with Crippen LogP contribution in [0.25, 0.3) is 10.9 Å². The SMILES string of the molecule is C=CC(=O)N1CCN(C(=O)Oc2ccc3c(N4CCN(c5ccc(Cl)cc5)CC4)nc(OC)nc3c2)[C@H](C)C1. The van der Waals surface area contributed by atoms with Crippen LogP contribution in [0.2, 0.25) is 5.02 Å². The minimum absolute atomic E-state index is 0.139. The van der Waals surface area contributed by atoms with Crippen molar-refractivity contribution in [1.29, 1.82) is 0 Å². The second-order valence-electron chi connectivity index (χ2n) is 9.56. The van der Waals surface area contributed by atoms with Gasteiger partial charge in [0, 0.05) is 74.0 Å². The molecule has 0 N–H and O–H groups in total. The van der Waals surface area contributed by atoms with Crippen LogP contribution >= 0.6 is 11.6 Å². The molecule has 0 spiro atoms. The number of ether oxygens (including phenoxy) is 2. The first-order valence-corrected chi connectivity index (χ1v) is 13.2. The number of carbonyl (C=O) groups is 2. The lowest BCUT2D eigenvalue weighted by Crippen LogP contribution is -2.55. The van der Waals surface area contributed by atoms with Crippen molar-refractivity contribution in [1.82, 2.24) is 19.8 Å². The molecule has 204 valence electrons. The van der Waals surface area contributed by atoms with Gasteiger partial charge in [0.05, 0.1) is 12.6 Å². The molecule has 0 aliphatic carbocycles. The maximum absolute atomic E-state index is 13.0. The third kappa shape index (κ3) is 5.70. The highest BCUT2D eigenvalue weighted by Gasteiger charge is 2.30. The molecule has 11 heteroatoms. The summed E-state index contributed by atoms with van der Waals surface area (Å²) in [4.78, 5) is 41.9. The summed E-state index contributed by atoms with van der Waals surface area (Å²) in [5, 5.41) is 1.57. The number of piperazine rings is 2. The van der Waals surface area contributed by atoms with Crippen molar-refractivity contribution in [3.63, 3.8) is 0 Å². The first-order valence-electron chi connectivity index (χ1n) is 12.9. The molecule has 0 bridgehead atoms. The Morgan fingerprint density at radius 1 is 1.00 bits per heavy atom. The molecule has 5 rings (SSSR count). The average Bonchev–Trinajstić information content (AvgIpc) is 2.96. The molecule has 2 amide bonds. The van der Waals surface area contributed by atoms with Crippen LogP contribution in [-0.2, 0) is 4.79 Å². The van der Waals surface area contributed by atoms with Gasteiger partial charge in [-0.05, 0) is 49.4 Å². The van der Waals surface area contributed by atoms with Crippen LogP contribution in [-0.4, -0.2) is 90.7 Å². The topological polar surface area (TPSA) is 91.3 Å². The van der Waals surface area contributed by atoms with E-state index in [1.54, 1.807) is 21.9 Å². The van der Waals surface area contributed by atoms with Crippen LogP contribution < -0.4 is 19.3 Å². The molecule has 0 unspecified atom stereocenters. The number of hydrogen-bond acceptors (Lipinski definition) is 8. The number of hydrogen-bond donors (Lipinski definition) is 0. The summed E-state index contributed by atoms with van der Waals surface area (Å²) in [5.41, 5.74) is 1.76. The fourth-order valence-electron chi connectivity index (χ4n) is 5.01. The predicted molar refractivity (Wildman–Crippen MR) is 151 cm³/mol. The molecule has 2 aliphatic rings. The fraction of sp³-hybridized carbons (Fsp3) is 0.357. The van der Waals surface area contributed by atoms with E-state index in [0.29, 0.717) is 30.9 Å². The van der Waals surface area contributed by atoms with E-state index < -0.39 is 6.09 Å². The van der Waals surface area contributed by atoms with Crippen LogP contribution in [0.1, 0.15) is 6.92 Å². The first kappa shape index (κ1) is 26.6. The lowest BCUT2D eigenvalue weighted by Gasteiger charge is -2.38. The van der Waals surface area contributed by atoms with Crippen LogP contribution in [0, 0.1) is 0 Å². The summed E-state index contributed by atoms with van der Waals surface area (Å²) in [6, 6.07) is 13.3. The fourth-order valence-corrected chi connectivity index (χ4v) is 5.14. The zero-order valence-corrected chi connectivity index (χ0v) is 22.8. The molecule has 2 fully saturated rings. The van der Waals surface area contributed by atoms with Crippen molar-refractivity contribution in [2.45, 2.75) is 13.0 Å². The summed E-state index contributed by atoms with van der Waals surface area (Å²) in [6.07, 6.45) is 0.826. The van der Waals surface area contributed by atoms with Crippen LogP contribution in [0.5, 0.6) is 11.8 Å². The predicted octanol–water partition coefficient (Wildman–Crippen LogP) is 3.84. The highest BCUT2D eigenvalue weighted by Crippen LogP contribution is 2.31. The molecular formula is C28H31ClN6O4. The Hall–Kier alpha value is -4.05. The molecule has 0 radical (unpaired) electrons. The van der Waals surface area contributed by atoms with Crippen molar-refractivity contribution in [3.8, 4) is 11.8 Å². The van der Waals surface area contributed by atoms with E-state index in [9.17, 15) is 9.59 Å². The van der Waals surface area contributed by atoms with E-state index in [1.165, 1.54) is 13.2 Å². The number of benzene rings is 2. The number of nitrogens with zero attached hydrogens (tertiary/aromatic N) is 6. The van der Waals surface area contributed by atoms with E-state index in [-0.39, 0.29) is 18.0 Å². The third-order valence-corrected chi connectivity index (χ3v) is 7.39. The Morgan fingerprint density at radius 2 is 1.72 bits per heavy atom. The minimum Gasteiger partial charge on any atom is -0.467 e. The van der Waals surface area contributed by atoms with Crippen molar-refractivity contribution in [3.05, 3.63) is 60.1 Å². The summed E-state index contributed by atoms with van der Waals surface area (Å²) < 4.78 is 11.1. The van der Waals surface area contributed by atoms with Gasteiger partial charge >= 0.3 is 12.1 Å². The van der Waals surface area contributed by atoms with E-state index in [0.717, 1.165) is 48.1 Å². The van der Waals surface area contributed by atoms with Gasteiger partial charge in [0.2, 0.25) is 5.91 Å².